The highest BCUT2D eigenvalue weighted by Gasteiger charge is 2.27. The SMILES string of the molecule is Cc1ccc(C)c(COc2ccc3c(c2)OC(=Cc2cccc(Br)c2)C3=O)c1. The van der Waals surface area contributed by atoms with Crippen LogP contribution in [0, 0.1) is 13.8 Å². The molecule has 3 aromatic rings. The number of aryl methyl sites for hydroxylation is 2. The topological polar surface area (TPSA) is 35.5 Å². The van der Waals surface area contributed by atoms with E-state index in [9.17, 15) is 4.79 Å². The monoisotopic (exact) mass is 434 g/mol. The lowest BCUT2D eigenvalue weighted by Crippen LogP contribution is -1.99. The van der Waals surface area contributed by atoms with Crippen molar-refractivity contribution >= 4 is 27.8 Å². The van der Waals surface area contributed by atoms with Crippen LogP contribution in [0.1, 0.15) is 32.6 Å². The fourth-order valence-corrected chi connectivity index (χ4v) is 3.54. The van der Waals surface area contributed by atoms with Crippen molar-refractivity contribution in [2.75, 3.05) is 0 Å². The number of carbonyl (C=O) groups is 1. The second-order valence-electron chi connectivity index (χ2n) is 6.87. The predicted molar refractivity (Wildman–Crippen MR) is 114 cm³/mol. The third-order valence-electron chi connectivity index (χ3n) is 4.69. The zero-order valence-corrected chi connectivity index (χ0v) is 17.2. The van der Waals surface area contributed by atoms with Crippen molar-refractivity contribution < 1.29 is 14.3 Å². The Morgan fingerprint density at radius 1 is 1.04 bits per heavy atom. The van der Waals surface area contributed by atoms with Crippen molar-refractivity contribution in [3.63, 3.8) is 0 Å². The summed E-state index contributed by atoms with van der Waals surface area (Å²) in [5.41, 5.74) is 5.00. The first kappa shape index (κ1) is 18.5. The molecule has 0 bridgehead atoms. The summed E-state index contributed by atoms with van der Waals surface area (Å²) in [5.74, 6) is 1.41. The lowest BCUT2D eigenvalue weighted by molar-refractivity contribution is 0.101. The van der Waals surface area contributed by atoms with E-state index >= 15 is 0 Å². The van der Waals surface area contributed by atoms with Gasteiger partial charge in [0.1, 0.15) is 18.1 Å². The molecule has 1 heterocycles. The minimum Gasteiger partial charge on any atom is -0.489 e. The Morgan fingerprint density at radius 2 is 1.89 bits per heavy atom. The van der Waals surface area contributed by atoms with Crippen molar-refractivity contribution in [3.05, 3.63) is 98.7 Å². The van der Waals surface area contributed by atoms with Gasteiger partial charge in [-0.2, -0.15) is 0 Å². The average Bonchev–Trinajstić information content (AvgIpc) is 2.97. The molecule has 4 heteroatoms. The van der Waals surface area contributed by atoms with Crippen molar-refractivity contribution in [2.24, 2.45) is 0 Å². The molecular formula is C24H19BrO3. The number of ether oxygens (including phenoxy) is 2. The molecule has 0 atom stereocenters. The third-order valence-corrected chi connectivity index (χ3v) is 5.18. The zero-order chi connectivity index (χ0) is 19.7. The molecule has 0 N–H and O–H groups in total. The Kier molecular flexibility index (Phi) is 5.05. The first-order valence-corrected chi connectivity index (χ1v) is 9.82. The molecule has 0 fully saturated rings. The van der Waals surface area contributed by atoms with Gasteiger partial charge in [-0.1, -0.05) is 51.8 Å². The Balaban J connectivity index is 1.53. The maximum absolute atomic E-state index is 12.6. The molecule has 0 saturated heterocycles. The standard InChI is InChI=1S/C24H19BrO3/c1-15-6-7-16(2)18(10-15)14-27-20-8-9-21-22(13-20)28-23(24(21)26)12-17-4-3-5-19(25)11-17/h3-13H,14H2,1-2H3. The smallest absolute Gasteiger partial charge is 0.231 e. The van der Waals surface area contributed by atoms with Gasteiger partial charge in [0, 0.05) is 10.5 Å². The van der Waals surface area contributed by atoms with Crippen LogP contribution in [0.4, 0.5) is 0 Å². The number of carbonyl (C=O) groups excluding carboxylic acids is 1. The van der Waals surface area contributed by atoms with Crippen molar-refractivity contribution in [2.45, 2.75) is 20.5 Å². The van der Waals surface area contributed by atoms with E-state index in [4.69, 9.17) is 9.47 Å². The summed E-state index contributed by atoms with van der Waals surface area (Å²) in [5, 5.41) is 0. The Morgan fingerprint density at radius 3 is 2.71 bits per heavy atom. The van der Waals surface area contributed by atoms with Gasteiger partial charge in [-0.05, 0) is 60.9 Å². The second kappa shape index (κ2) is 7.64. The summed E-state index contributed by atoms with van der Waals surface area (Å²) in [6, 6.07) is 19.4. The molecule has 0 radical (unpaired) electrons. The maximum atomic E-state index is 12.6. The summed E-state index contributed by atoms with van der Waals surface area (Å²) in [6.45, 7) is 4.61. The van der Waals surface area contributed by atoms with Gasteiger partial charge in [0.05, 0.1) is 5.56 Å². The van der Waals surface area contributed by atoms with E-state index in [0.29, 0.717) is 29.4 Å². The highest BCUT2D eigenvalue weighted by atomic mass is 79.9. The largest absolute Gasteiger partial charge is 0.489 e. The normalized spacial score (nSPS) is 14.1. The number of hydrogen-bond acceptors (Lipinski definition) is 3. The molecule has 0 aliphatic carbocycles. The first-order valence-electron chi connectivity index (χ1n) is 9.02. The lowest BCUT2D eigenvalue weighted by atomic mass is 10.1. The van der Waals surface area contributed by atoms with E-state index in [1.54, 1.807) is 18.2 Å². The molecule has 0 unspecified atom stereocenters. The van der Waals surface area contributed by atoms with E-state index in [-0.39, 0.29) is 5.78 Å². The number of ketones is 1. The summed E-state index contributed by atoms with van der Waals surface area (Å²) in [4.78, 5) is 12.6. The lowest BCUT2D eigenvalue weighted by Gasteiger charge is -2.10. The number of fused-ring (bicyclic) bond motifs is 1. The number of rotatable bonds is 4. The molecule has 140 valence electrons. The molecule has 0 amide bonds. The van der Waals surface area contributed by atoms with Gasteiger partial charge in [-0.15, -0.1) is 0 Å². The molecule has 3 nitrogen and oxygen atoms in total. The molecule has 1 aliphatic rings. The maximum Gasteiger partial charge on any atom is 0.231 e. The second-order valence-corrected chi connectivity index (χ2v) is 7.79. The number of Topliss-reactive ketones (excluding diaryl/α,β-unsaturated/α-hetero) is 1. The van der Waals surface area contributed by atoms with Gasteiger partial charge in [0.25, 0.3) is 0 Å². The highest BCUT2D eigenvalue weighted by Crippen LogP contribution is 2.35. The van der Waals surface area contributed by atoms with E-state index in [1.165, 1.54) is 11.1 Å². The minimum atomic E-state index is -0.115. The molecule has 28 heavy (non-hydrogen) atoms. The van der Waals surface area contributed by atoms with Crippen LogP contribution in [0.2, 0.25) is 0 Å². The Hall–Kier alpha value is -2.85. The fraction of sp³-hybridized carbons (Fsp3) is 0.125. The van der Waals surface area contributed by atoms with Crippen LogP contribution < -0.4 is 9.47 Å². The van der Waals surface area contributed by atoms with Crippen LogP contribution in [0.3, 0.4) is 0 Å². The molecule has 4 rings (SSSR count). The summed E-state index contributed by atoms with van der Waals surface area (Å²) >= 11 is 3.44. The van der Waals surface area contributed by atoms with Gasteiger partial charge < -0.3 is 9.47 Å². The molecular weight excluding hydrogens is 416 g/mol. The van der Waals surface area contributed by atoms with Gasteiger partial charge in [-0.3, -0.25) is 4.79 Å². The summed E-state index contributed by atoms with van der Waals surface area (Å²) in [6.07, 6.45) is 1.75. The summed E-state index contributed by atoms with van der Waals surface area (Å²) in [7, 11) is 0. The van der Waals surface area contributed by atoms with Crippen LogP contribution in [-0.2, 0) is 6.61 Å². The van der Waals surface area contributed by atoms with Gasteiger partial charge in [0.15, 0.2) is 5.76 Å². The molecule has 0 aromatic heterocycles. The Bertz CT molecular complexity index is 1100. The minimum absolute atomic E-state index is 0.115. The van der Waals surface area contributed by atoms with Crippen molar-refractivity contribution in [3.8, 4) is 11.5 Å². The Labute approximate surface area is 172 Å². The molecule has 3 aromatic carbocycles. The quantitative estimate of drug-likeness (QED) is 0.454. The zero-order valence-electron chi connectivity index (χ0n) is 15.7. The molecule has 1 aliphatic heterocycles. The van der Waals surface area contributed by atoms with Crippen molar-refractivity contribution in [1.29, 1.82) is 0 Å². The van der Waals surface area contributed by atoms with E-state index < -0.39 is 0 Å². The first-order chi connectivity index (χ1) is 13.5. The number of halogens is 1. The average molecular weight is 435 g/mol. The van der Waals surface area contributed by atoms with E-state index in [0.717, 1.165) is 15.6 Å². The van der Waals surface area contributed by atoms with Crippen LogP contribution in [0.25, 0.3) is 6.08 Å². The molecule has 0 saturated carbocycles. The van der Waals surface area contributed by atoms with Crippen molar-refractivity contribution in [1.82, 2.24) is 0 Å². The number of allylic oxidation sites excluding steroid dienone is 1. The van der Waals surface area contributed by atoms with Gasteiger partial charge in [0.2, 0.25) is 5.78 Å². The summed E-state index contributed by atoms with van der Waals surface area (Å²) < 4.78 is 12.7. The highest BCUT2D eigenvalue weighted by molar-refractivity contribution is 9.10. The van der Waals surface area contributed by atoms with Crippen LogP contribution in [0.15, 0.2) is 70.9 Å². The van der Waals surface area contributed by atoms with E-state index in [1.807, 2.05) is 30.3 Å². The predicted octanol–water partition coefficient (Wildman–Crippen LogP) is 6.26. The fourth-order valence-electron chi connectivity index (χ4n) is 3.12. The van der Waals surface area contributed by atoms with Crippen LogP contribution in [-0.4, -0.2) is 5.78 Å². The third kappa shape index (κ3) is 3.87. The number of benzene rings is 3. The van der Waals surface area contributed by atoms with Crippen LogP contribution >= 0.6 is 15.9 Å². The number of hydrogen-bond donors (Lipinski definition) is 0. The van der Waals surface area contributed by atoms with Crippen LogP contribution in [0.5, 0.6) is 11.5 Å². The van der Waals surface area contributed by atoms with Gasteiger partial charge in [-0.25, -0.2) is 0 Å². The van der Waals surface area contributed by atoms with Gasteiger partial charge >= 0.3 is 0 Å². The van der Waals surface area contributed by atoms with E-state index in [2.05, 4.69) is 48.0 Å². The molecule has 0 spiro atoms.